The summed E-state index contributed by atoms with van der Waals surface area (Å²) in [6.07, 6.45) is -4.93. The van der Waals surface area contributed by atoms with Crippen LogP contribution in [0, 0.1) is 0 Å². The van der Waals surface area contributed by atoms with Gasteiger partial charge in [-0.2, -0.15) is 13.2 Å². The van der Waals surface area contributed by atoms with E-state index in [1.165, 1.54) is 0 Å². The smallest absolute Gasteiger partial charge is 0.312 e. The Morgan fingerprint density at radius 3 is 2.71 bits per heavy atom. The molecule has 0 aromatic carbocycles. The molecule has 0 radical (unpaired) electrons. The fourth-order valence-corrected chi connectivity index (χ4v) is 1.58. The van der Waals surface area contributed by atoms with Crippen molar-refractivity contribution >= 4 is 11.5 Å². The Morgan fingerprint density at radius 1 is 1.57 bits per heavy atom. The van der Waals surface area contributed by atoms with Gasteiger partial charge in [-0.3, -0.25) is 0 Å². The van der Waals surface area contributed by atoms with Crippen LogP contribution in [0.5, 0.6) is 0 Å². The summed E-state index contributed by atoms with van der Waals surface area (Å²) in [5.74, 6) is 0. The third-order valence-corrected chi connectivity index (χ3v) is 2.32. The van der Waals surface area contributed by atoms with Crippen molar-refractivity contribution in [2.75, 3.05) is 7.05 Å². The summed E-state index contributed by atoms with van der Waals surface area (Å²) in [6.45, 7) is 0. The fourth-order valence-electron chi connectivity index (χ4n) is 1.07. The lowest BCUT2D eigenvalue weighted by Crippen LogP contribution is -2.20. The highest BCUT2D eigenvalue weighted by Crippen LogP contribution is 2.26. The lowest BCUT2D eigenvalue weighted by atomic mass is 10.1. The number of hydrogen-bond donors (Lipinski definition) is 1. The molecule has 1 rings (SSSR count). The predicted octanol–water partition coefficient (Wildman–Crippen LogP) is 2.14. The lowest BCUT2D eigenvalue weighted by molar-refractivity contribution is -0.136. The second kappa shape index (κ2) is 4.70. The maximum Gasteiger partial charge on any atom is 0.389 e. The first-order valence-corrected chi connectivity index (χ1v) is 4.87. The first kappa shape index (κ1) is 11.4. The quantitative estimate of drug-likeness (QED) is 0.853. The third-order valence-electron chi connectivity index (χ3n) is 1.80. The molecule has 80 valence electrons. The Bertz CT molecular complexity index is 260. The Morgan fingerprint density at radius 2 is 2.29 bits per heavy atom. The van der Waals surface area contributed by atoms with Gasteiger partial charge < -0.3 is 5.32 Å². The van der Waals surface area contributed by atoms with Crippen molar-refractivity contribution in [1.29, 1.82) is 0 Å². The van der Waals surface area contributed by atoms with Crippen molar-refractivity contribution < 1.29 is 13.2 Å². The number of nitrogens with zero attached hydrogens (tertiary/aromatic N) is 2. The van der Waals surface area contributed by atoms with E-state index >= 15 is 0 Å². The molecule has 1 N–H and O–H groups in total. The van der Waals surface area contributed by atoms with Crippen molar-refractivity contribution in [3.8, 4) is 0 Å². The predicted molar refractivity (Wildman–Crippen MR) is 47.0 cm³/mol. The van der Waals surface area contributed by atoms with Gasteiger partial charge in [0, 0.05) is 11.8 Å². The maximum atomic E-state index is 11.9. The van der Waals surface area contributed by atoms with Gasteiger partial charge in [0.15, 0.2) is 0 Å². The molecule has 1 heterocycles. The van der Waals surface area contributed by atoms with E-state index in [1.54, 1.807) is 12.4 Å². The van der Waals surface area contributed by atoms with E-state index in [9.17, 15) is 13.2 Å². The van der Waals surface area contributed by atoms with Gasteiger partial charge >= 0.3 is 6.18 Å². The highest BCUT2D eigenvalue weighted by Gasteiger charge is 2.28. The Labute approximate surface area is 83.5 Å². The second-order valence-corrected chi connectivity index (χ2v) is 3.43. The van der Waals surface area contributed by atoms with Crippen LogP contribution >= 0.6 is 11.5 Å². The Balaban J connectivity index is 2.49. The van der Waals surface area contributed by atoms with Crippen LogP contribution in [0.25, 0.3) is 0 Å². The molecule has 0 aliphatic heterocycles. The maximum absolute atomic E-state index is 11.9. The molecule has 0 saturated carbocycles. The van der Waals surface area contributed by atoms with Crippen LogP contribution in [0.15, 0.2) is 5.38 Å². The van der Waals surface area contributed by atoms with E-state index in [2.05, 4.69) is 14.9 Å². The standard InChI is InChI=1S/C7H10F3N3S/c1-11-5(2-3-7(8,9)10)6-4-14-13-12-6/h4-5,11H,2-3H2,1H3. The van der Waals surface area contributed by atoms with Crippen LogP contribution in [0.1, 0.15) is 24.6 Å². The number of hydrogen-bond acceptors (Lipinski definition) is 4. The molecular formula is C7H10F3N3S. The van der Waals surface area contributed by atoms with Gasteiger partial charge in [-0.1, -0.05) is 4.49 Å². The van der Waals surface area contributed by atoms with Crippen molar-refractivity contribution in [2.24, 2.45) is 0 Å². The molecule has 1 atom stereocenters. The summed E-state index contributed by atoms with van der Waals surface area (Å²) in [7, 11) is 1.61. The van der Waals surface area contributed by atoms with Gasteiger partial charge in [-0.05, 0) is 25.0 Å². The van der Waals surface area contributed by atoms with Crippen LogP contribution in [-0.2, 0) is 0 Å². The molecule has 0 amide bonds. The number of alkyl halides is 3. The van der Waals surface area contributed by atoms with Crippen LogP contribution in [0.3, 0.4) is 0 Å². The van der Waals surface area contributed by atoms with Crippen molar-refractivity contribution in [3.63, 3.8) is 0 Å². The minimum Gasteiger partial charge on any atom is -0.312 e. The summed E-state index contributed by atoms with van der Waals surface area (Å²) in [6, 6.07) is -0.365. The Hall–Kier alpha value is -0.690. The van der Waals surface area contributed by atoms with Gasteiger partial charge in [-0.25, -0.2) is 0 Å². The number of rotatable bonds is 4. The summed E-state index contributed by atoms with van der Waals surface area (Å²) < 4.78 is 39.4. The van der Waals surface area contributed by atoms with E-state index in [-0.39, 0.29) is 12.5 Å². The largest absolute Gasteiger partial charge is 0.389 e. The van der Waals surface area contributed by atoms with Gasteiger partial charge in [0.1, 0.15) is 0 Å². The molecule has 1 aromatic rings. The normalized spacial score (nSPS) is 14.3. The zero-order valence-electron chi connectivity index (χ0n) is 7.51. The number of halogens is 3. The Kier molecular flexibility index (Phi) is 3.82. The summed E-state index contributed by atoms with van der Waals surface area (Å²) in [5, 5.41) is 8.16. The van der Waals surface area contributed by atoms with Crippen LogP contribution in [0.4, 0.5) is 13.2 Å². The monoisotopic (exact) mass is 225 g/mol. The number of nitrogens with one attached hydrogen (secondary N) is 1. The molecule has 7 heteroatoms. The topological polar surface area (TPSA) is 37.8 Å². The highest BCUT2D eigenvalue weighted by atomic mass is 32.1. The summed E-state index contributed by atoms with van der Waals surface area (Å²) >= 11 is 1.13. The minimum atomic E-state index is -4.11. The van der Waals surface area contributed by atoms with Gasteiger partial charge in [0.05, 0.1) is 11.7 Å². The van der Waals surface area contributed by atoms with E-state index in [4.69, 9.17) is 0 Å². The first-order valence-electron chi connectivity index (χ1n) is 4.04. The molecule has 0 bridgehead atoms. The van der Waals surface area contributed by atoms with Gasteiger partial charge in [0.2, 0.25) is 0 Å². The van der Waals surface area contributed by atoms with E-state index in [0.29, 0.717) is 5.69 Å². The molecule has 0 aliphatic rings. The van der Waals surface area contributed by atoms with Gasteiger partial charge in [0.25, 0.3) is 0 Å². The third kappa shape index (κ3) is 3.59. The molecule has 0 spiro atoms. The van der Waals surface area contributed by atoms with E-state index in [0.717, 1.165) is 11.5 Å². The van der Waals surface area contributed by atoms with Crippen molar-refractivity contribution in [1.82, 2.24) is 14.9 Å². The molecule has 0 aliphatic carbocycles. The van der Waals surface area contributed by atoms with E-state index < -0.39 is 12.6 Å². The first-order chi connectivity index (χ1) is 6.53. The molecular weight excluding hydrogens is 215 g/mol. The van der Waals surface area contributed by atoms with Crippen LogP contribution in [0.2, 0.25) is 0 Å². The average Bonchev–Trinajstić information content (AvgIpc) is 2.56. The SMILES string of the molecule is CNC(CCC(F)(F)F)c1csnn1. The molecule has 1 unspecified atom stereocenters. The average molecular weight is 225 g/mol. The highest BCUT2D eigenvalue weighted by molar-refractivity contribution is 7.03. The second-order valence-electron chi connectivity index (χ2n) is 2.82. The van der Waals surface area contributed by atoms with Gasteiger partial charge in [-0.15, -0.1) is 5.10 Å². The molecule has 14 heavy (non-hydrogen) atoms. The molecule has 3 nitrogen and oxygen atoms in total. The fraction of sp³-hybridized carbons (Fsp3) is 0.714. The van der Waals surface area contributed by atoms with Crippen LogP contribution in [-0.4, -0.2) is 22.8 Å². The molecule has 0 saturated heterocycles. The van der Waals surface area contributed by atoms with Crippen molar-refractivity contribution in [3.05, 3.63) is 11.1 Å². The number of aromatic nitrogens is 2. The lowest BCUT2D eigenvalue weighted by Gasteiger charge is -2.14. The molecule has 0 fully saturated rings. The summed E-state index contributed by atoms with van der Waals surface area (Å²) in [4.78, 5) is 0. The zero-order valence-corrected chi connectivity index (χ0v) is 8.32. The van der Waals surface area contributed by atoms with E-state index in [1.807, 2.05) is 0 Å². The van der Waals surface area contributed by atoms with Crippen LogP contribution < -0.4 is 5.32 Å². The summed E-state index contributed by atoms with van der Waals surface area (Å²) in [5.41, 5.74) is 0.571. The minimum absolute atomic E-state index is 0.00852. The zero-order chi connectivity index (χ0) is 10.6. The molecule has 1 aromatic heterocycles. The van der Waals surface area contributed by atoms with Crippen molar-refractivity contribution in [2.45, 2.75) is 25.1 Å².